The maximum atomic E-state index is 10.1. The van der Waals surface area contributed by atoms with Gasteiger partial charge in [-0.3, -0.25) is 0 Å². The van der Waals surface area contributed by atoms with Crippen LogP contribution in [0.5, 0.6) is 5.75 Å². The summed E-state index contributed by atoms with van der Waals surface area (Å²) in [5.41, 5.74) is 1.13. The summed E-state index contributed by atoms with van der Waals surface area (Å²) >= 11 is 1.97. The lowest BCUT2D eigenvalue weighted by atomic mass is 10.2. The molecule has 0 saturated carbocycles. The molecular weight excluding hydrogens is 336 g/mol. The molecule has 1 aliphatic heterocycles. The summed E-state index contributed by atoms with van der Waals surface area (Å²) < 4.78 is 5.62. The first kappa shape index (κ1) is 17.8. The summed E-state index contributed by atoms with van der Waals surface area (Å²) in [6.07, 6.45) is 0.944. The molecule has 7 heteroatoms. The molecule has 1 atom stereocenters. The summed E-state index contributed by atoms with van der Waals surface area (Å²) in [5.74, 6) is 4.68. The van der Waals surface area contributed by atoms with E-state index in [4.69, 9.17) is 4.74 Å². The molecule has 0 radical (unpaired) electrons. The van der Waals surface area contributed by atoms with Crippen LogP contribution in [0, 0.1) is 6.92 Å². The van der Waals surface area contributed by atoms with Gasteiger partial charge in [-0.25, -0.2) is 9.97 Å². The lowest BCUT2D eigenvalue weighted by Crippen LogP contribution is -2.33. The summed E-state index contributed by atoms with van der Waals surface area (Å²) in [6, 6.07) is 9.73. The number of aromatic nitrogens is 2. The van der Waals surface area contributed by atoms with Crippen LogP contribution in [0.1, 0.15) is 5.56 Å². The van der Waals surface area contributed by atoms with Gasteiger partial charge in [0.15, 0.2) is 0 Å². The van der Waals surface area contributed by atoms with Crippen LogP contribution in [0.15, 0.2) is 36.7 Å². The Balaban J connectivity index is 1.47. The fraction of sp³-hybridized carbons (Fsp3) is 0.444. The molecule has 2 aromatic rings. The molecule has 0 bridgehead atoms. The zero-order valence-corrected chi connectivity index (χ0v) is 15.2. The van der Waals surface area contributed by atoms with Gasteiger partial charge in [-0.1, -0.05) is 12.1 Å². The van der Waals surface area contributed by atoms with Gasteiger partial charge in [-0.2, -0.15) is 11.8 Å². The molecule has 134 valence electrons. The number of aliphatic hydroxyl groups excluding tert-OH is 1. The van der Waals surface area contributed by atoms with Gasteiger partial charge in [-0.05, 0) is 24.6 Å². The monoisotopic (exact) mass is 360 g/mol. The first-order valence-electron chi connectivity index (χ1n) is 8.47. The minimum absolute atomic E-state index is 0.234. The first-order chi connectivity index (χ1) is 12.2. The van der Waals surface area contributed by atoms with E-state index in [1.54, 1.807) is 6.33 Å². The standard InChI is InChI=1S/C18H24N4O2S/c1-14-3-2-4-16(9-14)24-12-15(23)11-19-17-10-18(21-13-20-17)22-5-7-25-8-6-22/h2-4,9-10,13,15,23H,5-8,11-12H2,1H3,(H,19,20,21). The van der Waals surface area contributed by atoms with E-state index in [0.29, 0.717) is 6.54 Å². The molecule has 6 nitrogen and oxygen atoms in total. The molecule has 0 aliphatic carbocycles. The quantitative estimate of drug-likeness (QED) is 0.784. The van der Waals surface area contributed by atoms with Crippen molar-refractivity contribution in [3.8, 4) is 5.75 Å². The number of aryl methyl sites for hydroxylation is 1. The fourth-order valence-corrected chi connectivity index (χ4v) is 3.49. The van der Waals surface area contributed by atoms with Crippen molar-refractivity contribution in [2.75, 3.05) is 48.0 Å². The Labute approximate surface area is 152 Å². The van der Waals surface area contributed by atoms with Crippen molar-refractivity contribution in [1.82, 2.24) is 9.97 Å². The number of aliphatic hydroxyl groups is 1. The molecule has 1 aromatic heterocycles. The molecule has 2 N–H and O–H groups in total. The van der Waals surface area contributed by atoms with E-state index in [2.05, 4.69) is 20.2 Å². The molecule has 1 unspecified atom stereocenters. The molecule has 1 aliphatic rings. The Hall–Kier alpha value is -1.99. The zero-order valence-electron chi connectivity index (χ0n) is 14.4. The highest BCUT2D eigenvalue weighted by atomic mass is 32.2. The van der Waals surface area contributed by atoms with Gasteiger partial charge >= 0.3 is 0 Å². The van der Waals surface area contributed by atoms with Crippen LogP contribution in [-0.2, 0) is 0 Å². The number of hydrogen-bond acceptors (Lipinski definition) is 7. The Morgan fingerprint density at radius 1 is 1.28 bits per heavy atom. The van der Waals surface area contributed by atoms with Crippen molar-refractivity contribution in [3.63, 3.8) is 0 Å². The highest BCUT2D eigenvalue weighted by Gasteiger charge is 2.13. The van der Waals surface area contributed by atoms with E-state index in [1.807, 2.05) is 49.0 Å². The minimum atomic E-state index is -0.620. The van der Waals surface area contributed by atoms with Crippen LogP contribution < -0.4 is 15.0 Å². The lowest BCUT2D eigenvalue weighted by Gasteiger charge is -2.27. The number of rotatable bonds is 7. The van der Waals surface area contributed by atoms with Crippen LogP contribution in [0.4, 0.5) is 11.6 Å². The third-order valence-electron chi connectivity index (χ3n) is 3.94. The van der Waals surface area contributed by atoms with Gasteiger partial charge in [-0.15, -0.1) is 0 Å². The van der Waals surface area contributed by atoms with Gasteiger partial charge in [0.05, 0.1) is 0 Å². The number of anilines is 2. The molecule has 1 saturated heterocycles. The Bertz CT molecular complexity index is 680. The Morgan fingerprint density at radius 2 is 2.12 bits per heavy atom. The van der Waals surface area contributed by atoms with Gasteiger partial charge in [0, 0.05) is 37.2 Å². The molecule has 25 heavy (non-hydrogen) atoms. The third-order valence-corrected chi connectivity index (χ3v) is 4.88. The van der Waals surface area contributed by atoms with Crippen molar-refractivity contribution in [3.05, 3.63) is 42.2 Å². The lowest BCUT2D eigenvalue weighted by molar-refractivity contribution is 0.117. The van der Waals surface area contributed by atoms with E-state index < -0.39 is 6.10 Å². The maximum absolute atomic E-state index is 10.1. The van der Waals surface area contributed by atoms with E-state index in [-0.39, 0.29) is 6.61 Å². The predicted octanol–water partition coefficient (Wildman–Crippen LogP) is 2.19. The molecule has 1 aromatic carbocycles. The van der Waals surface area contributed by atoms with Gasteiger partial charge in [0.1, 0.15) is 36.4 Å². The summed E-state index contributed by atoms with van der Waals surface area (Å²) in [5, 5.41) is 13.3. The fourth-order valence-electron chi connectivity index (χ4n) is 2.59. The highest BCUT2D eigenvalue weighted by molar-refractivity contribution is 7.99. The van der Waals surface area contributed by atoms with Crippen LogP contribution >= 0.6 is 11.8 Å². The second kappa shape index (κ2) is 8.92. The number of ether oxygens (including phenoxy) is 1. The summed E-state index contributed by atoms with van der Waals surface area (Å²) in [4.78, 5) is 10.8. The summed E-state index contributed by atoms with van der Waals surface area (Å²) in [6.45, 7) is 4.64. The number of benzene rings is 1. The van der Waals surface area contributed by atoms with E-state index in [1.165, 1.54) is 0 Å². The molecule has 3 rings (SSSR count). The molecule has 0 spiro atoms. The molecule has 0 amide bonds. The van der Waals surface area contributed by atoms with Crippen LogP contribution in [-0.4, -0.2) is 58.9 Å². The van der Waals surface area contributed by atoms with Crippen molar-refractivity contribution in [1.29, 1.82) is 0 Å². The zero-order chi connectivity index (χ0) is 17.5. The van der Waals surface area contributed by atoms with Crippen LogP contribution in [0.25, 0.3) is 0 Å². The molecule has 1 fully saturated rings. The van der Waals surface area contributed by atoms with Crippen LogP contribution in [0.3, 0.4) is 0 Å². The SMILES string of the molecule is Cc1cccc(OCC(O)CNc2cc(N3CCSCC3)ncn2)c1. The number of thioether (sulfide) groups is 1. The van der Waals surface area contributed by atoms with Gasteiger partial charge in [0.2, 0.25) is 0 Å². The number of nitrogens with zero attached hydrogens (tertiary/aromatic N) is 3. The summed E-state index contributed by atoms with van der Waals surface area (Å²) in [7, 11) is 0. The molecular formula is C18H24N4O2S. The van der Waals surface area contributed by atoms with Crippen LogP contribution in [0.2, 0.25) is 0 Å². The van der Waals surface area contributed by atoms with Crippen molar-refractivity contribution >= 4 is 23.4 Å². The Morgan fingerprint density at radius 3 is 2.92 bits per heavy atom. The Kier molecular flexibility index (Phi) is 6.36. The van der Waals surface area contributed by atoms with Crippen molar-refractivity contribution in [2.24, 2.45) is 0 Å². The largest absolute Gasteiger partial charge is 0.491 e. The smallest absolute Gasteiger partial charge is 0.134 e. The average molecular weight is 360 g/mol. The third kappa shape index (κ3) is 5.51. The van der Waals surface area contributed by atoms with E-state index >= 15 is 0 Å². The second-order valence-corrected chi connectivity index (χ2v) is 7.25. The van der Waals surface area contributed by atoms with E-state index in [0.717, 1.165) is 47.5 Å². The van der Waals surface area contributed by atoms with Gasteiger partial charge in [0.25, 0.3) is 0 Å². The average Bonchev–Trinajstić information content (AvgIpc) is 2.66. The number of hydrogen-bond donors (Lipinski definition) is 2. The maximum Gasteiger partial charge on any atom is 0.134 e. The first-order valence-corrected chi connectivity index (χ1v) is 9.62. The van der Waals surface area contributed by atoms with E-state index in [9.17, 15) is 5.11 Å². The number of nitrogens with one attached hydrogen (secondary N) is 1. The topological polar surface area (TPSA) is 70.5 Å². The normalized spacial score (nSPS) is 15.7. The predicted molar refractivity (Wildman–Crippen MR) is 103 cm³/mol. The van der Waals surface area contributed by atoms with Crippen molar-refractivity contribution in [2.45, 2.75) is 13.0 Å². The minimum Gasteiger partial charge on any atom is -0.491 e. The molecule has 2 heterocycles. The highest BCUT2D eigenvalue weighted by Crippen LogP contribution is 2.19. The van der Waals surface area contributed by atoms with Gasteiger partial charge < -0.3 is 20.1 Å². The second-order valence-electron chi connectivity index (χ2n) is 6.02. The van der Waals surface area contributed by atoms with Crippen molar-refractivity contribution < 1.29 is 9.84 Å².